The Morgan fingerprint density at radius 3 is 2.66 bits per heavy atom. The van der Waals surface area contributed by atoms with Gasteiger partial charge in [-0.15, -0.1) is 0 Å². The van der Waals surface area contributed by atoms with Gasteiger partial charge in [0.25, 0.3) is 11.8 Å². The van der Waals surface area contributed by atoms with Crippen LogP contribution in [0.25, 0.3) is 0 Å². The first kappa shape index (κ1) is 27.0. The number of carbonyl (C=O) groups is 3. The number of benzene rings is 2. The van der Waals surface area contributed by atoms with Crippen molar-refractivity contribution in [2.75, 3.05) is 23.7 Å². The van der Waals surface area contributed by atoms with E-state index >= 15 is 0 Å². The number of halogens is 1. The Morgan fingerprint density at radius 1 is 1.16 bits per heavy atom. The van der Waals surface area contributed by atoms with Crippen LogP contribution < -0.4 is 16.0 Å². The summed E-state index contributed by atoms with van der Waals surface area (Å²) in [6.45, 7) is 5.36. The van der Waals surface area contributed by atoms with Gasteiger partial charge in [-0.3, -0.25) is 19.5 Å². The lowest BCUT2D eigenvalue weighted by Gasteiger charge is -2.18. The highest BCUT2D eigenvalue weighted by Crippen LogP contribution is 2.25. The average molecular weight is 557 g/mol. The summed E-state index contributed by atoms with van der Waals surface area (Å²) in [5.74, 6) is -1.50. The number of carbonyl (C=O) groups excluding carboxylic acids is 3. The first-order chi connectivity index (χ1) is 18.1. The molecule has 1 saturated heterocycles. The Hall–Kier alpha value is -4.00. The van der Waals surface area contributed by atoms with Gasteiger partial charge in [-0.25, -0.2) is 8.42 Å². The molecule has 198 valence electrons. The van der Waals surface area contributed by atoms with E-state index in [2.05, 4.69) is 32.7 Å². The highest BCUT2D eigenvalue weighted by molar-refractivity contribution is 7.89. The molecule has 1 fully saturated rings. The molecule has 0 bridgehead atoms. The number of rotatable bonds is 8. The van der Waals surface area contributed by atoms with E-state index < -0.39 is 33.8 Å². The highest BCUT2D eigenvalue weighted by Gasteiger charge is 2.34. The third-order valence-corrected chi connectivity index (χ3v) is 8.15. The van der Waals surface area contributed by atoms with Crippen LogP contribution in [0.1, 0.15) is 32.8 Å². The first-order valence-corrected chi connectivity index (χ1v) is 13.4. The van der Waals surface area contributed by atoms with Crippen molar-refractivity contribution >= 4 is 50.7 Å². The third kappa shape index (κ3) is 5.77. The van der Waals surface area contributed by atoms with E-state index in [1.807, 2.05) is 0 Å². The van der Waals surface area contributed by atoms with E-state index in [9.17, 15) is 22.8 Å². The number of sulfonamides is 1. The summed E-state index contributed by atoms with van der Waals surface area (Å²) in [6.07, 6.45) is 2.78. The summed E-state index contributed by atoms with van der Waals surface area (Å²) in [6, 6.07) is 10.5. The maximum absolute atomic E-state index is 13.2. The second kappa shape index (κ2) is 11.2. The van der Waals surface area contributed by atoms with E-state index in [0.717, 1.165) is 6.08 Å². The summed E-state index contributed by atoms with van der Waals surface area (Å²) in [5.41, 5.74) is 1.46. The molecule has 3 aromatic rings. The Kier molecular flexibility index (Phi) is 7.95. The van der Waals surface area contributed by atoms with Gasteiger partial charge in [-0.1, -0.05) is 36.4 Å². The second-order valence-electron chi connectivity index (χ2n) is 8.59. The van der Waals surface area contributed by atoms with E-state index in [0.29, 0.717) is 17.7 Å². The van der Waals surface area contributed by atoms with Gasteiger partial charge < -0.3 is 16.0 Å². The van der Waals surface area contributed by atoms with Crippen molar-refractivity contribution in [1.29, 1.82) is 0 Å². The summed E-state index contributed by atoms with van der Waals surface area (Å²) < 4.78 is 27.6. The van der Waals surface area contributed by atoms with E-state index in [-0.39, 0.29) is 40.0 Å². The fourth-order valence-electron chi connectivity index (χ4n) is 4.06. The van der Waals surface area contributed by atoms with Crippen LogP contribution in [0.2, 0.25) is 5.02 Å². The number of aryl methyl sites for hydroxylation is 1. The number of nitrogens with one attached hydrogen (secondary N) is 4. The lowest BCUT2D eigenvalue weighted by Crippen LogP contribution is -2.39. The van der Waals surface area contributed by atoms with Gasteiger partial charge in [0.15, 0.2) is 0 Å². The number of aromatic amines is 1. The molecule has 0 spiro atoms. The number of anilines is 2. The van der Waals surface area contributed by atoms with Crippen LogP contribution >= 0.6 is 11.6 Å². The lowest BCUT2D eigenvalue weighted by atomic mass is 10.1. The number of nitrogens with zero attached hydrogens (tertiary/aromatic N) is 2. The summed E-state index contributed by atoms with van der Waals surface area (Å²) in [7, 11) is -3.87. The van der Waals surface area contributed by atoms with Crippen molar-refractivity contribution in [3.8, 4) is 0 Å². The first-order valence-electron chi connectivity index (χ1n) is 11.5. The van der Waals surface area contributed by atoms with Gasteiger partial charge in [0.2, 0.25) is 15.9 Å². The van der Waals surface area contributed by atoms with Crippen LogP contribution in [0.3, 0.4) is 0 Å². The highest BCUT2D eigenvalue weighted by atomic mass is 35.5. The molecular formula is C25H25ClN6O5S. The predicted octanol–water partition coefficient (Wildman–Crippen LogP) is 2.94. The van der Waals surface area contributed by atoms with E-state index in [1.165, 1.54) is 28.7 Å². The monoisotopic (exact) mass is 556 g/mol. The quantitative estimate of drug-likeness (QED) is 0.313. The lowest BCUT2D eigenvalue weighted by molar-refractivity contribution is -0.111. The predicted molar refractivity (Wildman–Crippen MR) is 143 cm³/mol. The van der Waals surface area contributed by atoms with Crippen LogP contribution in [-0.4, -0.2) is 59.8 Å². The minimum absolute atomic E-state index is 0.0137. The fourth-order valence-corrected chi connectivity index (χ4v) is 5.91. The number of hydrogen-bond acceptors (Lipinski definition) is 6. The number of amides is 3. The smallest absolute Gasteiger partial charge is 0.271 e. The van der Waals surface area contributed by atoms with Gasteiger partial charge in [0.05, 0.1) is 27.4 Å². The minimum Gasteiger partial charge on any atom is -0.347 e. The molecule has 2 aromatic carbocycles. The van der Waals surface area contributed by atoms with Crippen molar-refractivity contribution in [3.63, 3.8) is 0 Å². The Balaban J connectivity index is 1.42. The van der Waals surface area contributed by atoms with Crippen LogP contribution in [0.5, 0.6) is 0 Å². The van der Waals surface area contributed by atoms with Gasteiger partial charge in [0, 0.05) is 24.8 Å². The SMILES string of the molecule is C=CC(=O)Nc1cccc(S(=O)(=O)N2CC[C@@H](NC(=O)c3[nH]ncc3NC(=O)c3c(C)cccc3Cl)C2)c1. The normalized spacial score (nSPS) is 15.6. The molecule has 0 aliphatic carbocycles. The Morgan fingerprint density at radius 2 is 1.92 bits per heavy atom. The van der Waals surface area contributed by atoms with Gasteiger partial charge >= 0.3 is 0 Å². The van der Waals surface area contributed by atoms with E-state index in [4.69, 9.17) is 11.6 Å². The largest absolute Gasteiger partial charge is 0.347 e. The zero-order valence-electron chi connectivity index (χ0n) is 20.3. The molecule has 4 rings (SSSR count). The molecule has 3 amide bonds. The van der Waals surface area contributed by atoms with E-state index in [1.54, 1.807) is 31.2 Å². The van der Waals surface area contributed by atoms with Gasteiger partial charge in [-0.05, 0) is 49.2 Å². The molecule has 2 heterocycles. The third-order valence-electron chi connectivity index (χ3n) is 5.97. The number of H-pyrrole nitrogens is 1. The second-order valence-corrected chi connectivity index (χ2v) is 10.9. The van der Waals surface area contributed by atoms with Crippen molar-refractivity contribution in [2.24, 2.45) is 0 Å². The standard InChI is InChI=1S/C25H25ClN6O5S/c1-3-21(33)28-16-7-5-8-18(12-16)38(36,37)32-11-10-17(14-32)29-25(35)23-20(13-27-31-23)30-24(34)22-15(2)6-4-9-19(22)26/h3-9,12-13,17H,1,10-11,14H2,2H3,(H,27,31)(H,28,33)(H,29,35)(H,30,34)/t17-/m1/s1. The summed E-state index contributed by atoms with van der Waals surface area (Å²) in [5, 5.41) is 14.7. The Bertz CT molecular complexity index is 1500. The van der Waals surface area contributed by atoms with Crippen molar-refractivity contribution < 1.29 is 22.8 Å². The molecule has 0 radical (unpaired) electrons. The van der Waals surface area contributed by atoms with Crippen molar-refractivity contribution in [2.45, 2.75) is 24.3 Å². The Labute approximate surface area is 224 Å². The maximum Gasteiger partial charge on any atom is 0.271 e. The maximum atomic E-state index is 13.2. The molecule has 1 aliphatic heterocycles. The zero-order valence-corrected chi connectivity index (χ0v) is 21.9. The summed E-state index contributed by atoms with van der Waals surface area (Å²) in [4.78, 5) is 37.3. The van der Waals surface area contributed by atoms with Crippen LogP contribution in [0.4, 0.5) is 11.4 Å². The van der Waals surface area contributed by atoms with Crippen molar-refractivity contribution in [1.82, 2.24) is 19.8 Å². The molecule has 0 unspecified atom stereocenters. The molecule has 1 atom stereocenters. The molecule has 4 N–H and O–H groups in total. The molecule has 0 saturated carbocycles. The molecule has 38 heavy (non-hydrogen) atoms. The average Bonchev–Trinajstić information content (AvgIpc) is 3.54. The number of aromatic nitrogens is 2. The van der Waals surface area contributed by atoms with Crippen molar-refractivity contribution in [3.05, 3.63) is 83.2 Å². The topological polar surface area (TPSA) is 153 Å². The van der Waals surface area contributed by atoms with Gasteiger partial charge in [-0.2, -0.15) is 9.40 Å². The van der Waals surface area contributed by atoms with Gasteiger partial charge in [0.1, 0.15) is 5.69 Å². The minimum atomic E-state index is -3.87. The van der Waals surface area contributed by atoms with Crippen LogP contribution in [-0.2, 0) is 14.8 Å². The molecule has 11 nitrogen and oxygen atoms in total. The van der Waals surface area contributed by atoms with Crippen LogP contribution in [0.15, 0.2) is 66.2 Å². The fraction of sp³-hybridized carbons (Fsp3) is 0.200. The van der Waals surface area contributed by atoms with Crippen LogP contribution in [0, 0.1) is 6.92 Å². The number of hydrogen-bond donors (Lipinski definition) is 4. The molecular weight excluding hydrogens is 532 g/mol. The molecule has 1 aromatic heterocycles. The summed E-state index contributed by atoms with van der Waals surface area (Å²) >= 11 is 6.17. The molecule has 13 heteroatoms. The molecule has 1 aliphatic rings. The zero-order chi connectivity index (χ0) is 27.4.